The van der Waals surface area contributed by atoms with Crippen LogP contribution in [0, 0.1) is 11.3 Å². The van der Waals surface area contributed by atoms with Crippen LogP contribution < -0.4 is 4.90 Å². The van der Waals surface area contributed by atoms with E-state index in [1.54, 1.807) is 24.8 Å². The maximum atomic E-state index is 13.5. The standard InChI is InChI=1S/C27H30F3N5O2S2/c1-26(2)24(37)35(21-7-6-19(17-31)22(16-21)27(28,29)30)25(38)34(26)10-5-3-4-9-32-11-13-33(14-12-32)23(36)20-8-15-39-18-20/h6-8,15-16,18H,3-5,9-14H2,1-2H3. The molecule has 0 unspecified atom stereocenters. The van der Waals surface area contributed by atoms with Crippen LogP contribution in [0.15, 0.2) is 35.0 Å². The normalized spacial score (nSPS) is 18.1. The van der Waals surface area contributed by atoms with Gasteiger partial charge in [0.2, 0.25) is 0 Å². The summed E-state index contributed by atoms with van der Waals surface area (Å²) in [7, 11) is 0. The second-order valence-electron chi connectivity index (χ2n) is 10.2. The Balaban J connectivity index is 1.28. The Labute approximate surface area is 235 Å². The van der Waals surface area contributed by atoms with Gasteiger partial charge in [0.15, 0.2) is 5.11 Å². The molecule has 2 fully saturated rings. The van der Waals surface area contributed by atoms with Crippen LogP contribution in [0.4, 0.5) is 18.9 Å². The smallest absolute Gasteiger partial charge is 0.336 e. The third-order valence-electron chi connectivity index (χ3n) is 7.29. The van der Waals surface area contributed by atoms with Crippen molar-refractivity contribution < 1.29 is 22.8 Å². The van der Waals surface area contributed by atoms with Crippen molar-refractivity contribution in [1.29, 1.82) is 5.26 Å². The van der Waals surface area contributed by atoms with Gasteiger partial charge in [0.25, 0.3) is 11.8 Å². The Bertz CT molecular complexity index is 1270. The summed E-state index contributed by atoms with van der Waals surface area (Å²) in [6.45, 7) is 7.90. The molecule has 2 amide bonds. The van der Waals surface area contributed by atoms with Crippen molar-refractivity contribution >= 4 is 46.2 Å². The van der Waals surface area contributed by atoms with Crippen molar-refractivity contribution in [1.82, 2.24) is 14.7 Å². The van der Waals surface area contributed by atoms with Gasteiger partial charge in [0, 0.05) is 38.1 Å². The number of thiocarbonyl (C=S) groups is 1. The topological polar surface area (TPSA) is 70.9 Å². The molecule has 3 heterocycles. The molecule has 0 saturated carbocycles. The third kappa shape index (κ3) is 6.10. The van der Waals surface area contributed by atoms with Crippen LogP contribution in [0.3, 0.4) is 0 Å². The molecule has 2 saturated heterocycles. The number of carbonyl (C=O) groups excluding carboxylic acids is 2. The highest BCUT2D eigenvalue weighted by atomic mass is 32.1. The number of nitriles is 1. The zero-order valence-electron chi connectivity index (χ0n) is 21.8. The minimum atomic E-state index is -4.73. The lowest BCUT2D eigenvalue weighted by Gasteiger charge is -2.34. The molecule has 2 aliphatic rings. The van der Waals surface area contributed by atoms with Gasteiger partial charge in [0.05, 0.1) is 28.4 Å². The Morgan fingerprint density at radius 3 is 2.41 bits per heavy atom. The van der Waals surface area contributed by atoms with E-state index < -0.39 is 28.7 Å². The number of halogens is 3. The summed E-state index contributed by atoms with van der Waals surface area (Å²) < 4.78 is 40.5. The van der Waals surface area contributed by atoms with Crippen molar-refractivity contribution in [2.45, 2.75) is 44.8 Å². The third-order valence-corrected chi connectivity index (χ3v) is 8.38. The maximum absolute atomic E-state index is 13.5. The average molecular weight is 578 g/mol. The summed E-state index contributed by atoms with van der Waals surface area (Å²) in [6, 6.07) is 6.62. The molecule has 0 radical (unpaired) electrons. The second kappa shape index (κ2) is 11.6. The van der Waals surface area contributed by atoms with Gasteiger partial charge in [-0.25, -0.2) is 0 Å². The summed E-state index contributed by atoms with van der Waals surface area (Å²) in [4.78, 5) is 32.9. The molecule has 0 N–H and O–H groups in total. The highest BCUT2D eigenvalue weighted by Crippen LogP contribution is 2.38. The molecular formula is C27H30F3N5O2S2. The zero-order valence-corrected chi connectivity index (χ0v) is 23.5. The first-order chi connectivity index (χ1) is 18.4. The van der Waals surface area contributed by atoms with E-state index in [1.807, 2.05) is 21.7 Å². The molecule has 2 aromatic rings. The molecule has 0 bridgehead atoms. The minimum absolute atomic E-state index is 0.00326. The lowest BCUT2D eigenvalue weighted by atomic mass is 10.0. The Morgan fingerprint density at radius 1 is 1.10 bits per heavy atom. The minimum Gasteiger partial charge on any atom is -0.336 e. The average Bonchev–Trinajstić information content (AvgIpc) is 3.49. The molecule has 0 atom stereocenters. The number of amides is 2. The molecule has 1 aromatic heterocycles. The predicted octanol–water partition coefficient (Wildman–Crippen LogP) is 4.98. The monoisotopic (exact) mass is 577 g/mol. The Hall–Kier alpha value is -3.01. The molecule has 4 rings (SSSR count). The summed E-state index contributed by atoms with van der Waals surface area (Å²) in [5.74, 6) is -0.320. The van der Waals surface area contributed by atoms with Crippen LogP contribution in [0.1, 0.15) is 54.6 Å². The van der Waals surface area contributed by atoms with E-state index in [1.165, 1.54) is 17.4 Å². The zero-order chi connectivity index (χ0) is 28.4. The number of piperazine rings is 1. The van der Waals surface area contributed by atoms with Gasteiger partial charge in [0.1, 0.15) is 5.54 Å². The summed E-state index contributed by atoms with van der Waals surface area (Å²) in [5.41, 5.74) is -1.85. The number of thiophene rings is 1. The molecule has 7 nitrogen and oxygen atoms in total. The van der Waals surface area contributed by atoms with E-state index in [-0.39, 0.29) is 16.7 Å². The highest BCUT2D eigenvalue weighted by molar-refractivity contribution is 7.80. The summed E-state index contributed by atoms with van der Waals surface area (Å²) >= 11 is 7.07. The second-order valence-corrected chi connectivity index (χ2v) is 11.3. The predicted molar refractivity (Wildman–Crippen MR) is 148 cm³/mol. The number of carbonyl (C=O) groups is 2. The van der Waals surface area contributed by atoms with E-state index in [4.69, 9.17) is 17.5 Å². The van der Waals surface area contributed by atoms with Crippen LogP contribution in [-0.2, 0) is 11.0 Å². The molecule has 39 heavy (non-hydrogen) atoms. The molecule has 0 spiro atoms. The number of hydrogen-bond donors (Lipinski definition) is 0. The number of hydrogen-bond acceptors (Lipinski definition) is 6. The fourth-order valence-electron chi connectivity index (χ4n) is 4.97. The molecule has 208 valence electrons. The first-order valence-corrected chi connectivity index (χ1v) is 14.1. The van der Waals surface area contributed by atoms with E-state index >= 15 is 0 Å². The fourth-order valence-corrected chi connectivity index (χ4v) is 6.10. The number of anilines is 1. The van der Waals surface area contributed by atoms with Gasteiger partial charge in [-0.1, -0.05) is 6.42 Å². The number of unbranched alkanes of at least 4 members (excludes halogenated alkanes) is 2. The van der Waals surface area contributed by atoms with E-state index in [0.717, 1.165) is 61.5 Å². The highest BCUT2D eigenvalue weighted by Gasteiger charge is 2.49. The number of benzene rings is 1. The Kier molecular flexibility index (Phi) is 8.63. The van der Waals surface area contributed by atoms with Crippen molar-refractivity contribution in [3.8, 4) is 6.07 Å². The largest absolute Gasteiger partial charge is 0.417 e. The summed E-state index contributed by atoms with van der Waals surface area (Å²) in [6.07, 6.45) is -2.12. The lowest BCUT2D eigenvalue weighted by molar-refractivity contribution is -0.137. The number of rotatable bonds is 8. The first kappa shape index (κ1) is 29.0. The molecule has 0 aliphatic carbocycles. The van der Waals surface area contributed by atoms with Crippen LogP contribution in [0.5, 0.6) is 0 Å². The van der Waals surface area contributed by atoms with Gasteiger partial charge in [-0.15, -0.1) is 0 Å². The van der Waals surface area contributed by atoms with Crippen molar-refractivity contribution in [3.63, 3.8) is 0 Å². The number of alkyl halides is 3. The van der Waals surface area contributed by atoms with Crippen molar-refractivity contribution in [3.05, 3.63) is 51.7 Å². The van der Waals surface area contributed by atoms with Gasteiger partial charge in [-0.2, -0.15) is 29.8 Å². The fraction of sp³-hybridized carbons (Fsp3) is 0.481. The molecule has 2 aliphatic heterocycles. The summed E-state index contributed by atoms with van der Waals surface area (Å²) in [5, 5.41) is 13.0. The van der Waals surface area contributed by atoms with Gasteiger partial charge < -0.3 is 9.80 Å². The van der Waals surface area contributed by atoms with Crippen LogP contribution in [0.25, 0.3) is 0 Å². The van der Waals surface area contributed by atoms with E-state index in [2.05, 4.69) is 4.90 Å². The lowest BCUT2D eigenvalue weighted by Crippen LogP contribution is -2.48. The Morgan fingerprint density at radius 2 is 1.79 bits per heavy atom. The van der Waals surface area contributed by atoms with E-state index in [0.29, 0.717) is 19.6 Å². The van der Waals surface area contributed by atoms with Crippen LogP contribution in [-0.4, -0.2) is 76.4 Å². The van der Waals surface area contributed by atoms with Crippen LogP contribution in [0.2, 0.25) is 0 Å². The molecule has 1 aromatic carbocycles. The molecular weight excluding hydrogens is 547 g/mol. The quantitative estimate of drug-likeness (QED) is 0.326. The van der Waals surface area contributed by atoms with Gasteiger partial charge >= 0.3 is 6.18 Å². The maximum Gasteiger partial charge on any atom is 0.417 e. The van der Waals surface area contributed by atoms with Gasteiger partial charge in [-0.05, 0) is 75.1 Å². The van der Waals surface area contributed by atoms with Gasteiger partial charge in [-0.3, -0.25) is 19.4 Å². The first-order valence-electron chi connectivity index (χ1n) is 12.8. The van der Waals surface area contributed by atoms with Crippen molar-refractivity contribution in [2.24, 2.45) is 0 Å². The van der Waals surface area contributed by atoms with Crippen LogP contribution >= 0.6 is 23.6 Å². The SMILES string of the molecule is CC1(C)C(=O)N(c2ccc(C#N)c(C(F)(F)F)c2)C(=S)N1CCCCCN1CCN(C(=O)c2ccsc2)CC1. The number of nitrogens with zero attached hydrogens (tertiary/aromatic N) is 5. The van der Waals surface area contributed by atoms with E-state index in [9.17, 15) is 22.8 Å². The molecule has 12 heteroatoms. The van der Waals surface area contributed by atoms with Crippen molar-refractivity contribution in [2.75, 3.05) is 44.2 Å².